The van der Waals surface area contributed by atoms with Crippen LogP contribution < -0.4 is 0 Å². The van der Waals surface area contributed by atoms with Gasteiger partial charge in [-0.1, -0.05) is 20.3 Å². The highest BCUT2D eigenvalue weighted by Crippen LogP contribution is 1.99. The molecule has 4 heteroatoms. The average Bonchev–Trinajstić information content (AvgIpc) is 1.87. The van der Waals surface area contributed by atoms with Gasteiger partial charge in [0.15, 0.2) is 12.1 Å². The summed E-state index contributed by atoms with van der Waals surface area (Å²) >= 11 is 0. The quantitative estimate of drug-likeness (QED) is 0.467. The summed E-state index contributed by atoms with van der Waals surface area (Å²) < 4.78 is 0. The third-order valence-corrected chi connectivity index (χ3v) is 1.22. The van der Waals surface area contributed by atoms with E-state index in [2.05, 4.69) is 0 Å². The Morgan fingerprint density at radius 1 is 1.17 bits per heavy atom. The third-order valence-electron chi connectivity index (χ3n) is 1.22. The van der Waals surface area contributed by atoms with Gasteiger partial charge in [0.25, 0.3) is 0 Å². The Morgan fingerprint density at radius 3 is 1.50 bits per heavy atom. The van der Waals surface area contributed by atoms with Crippen LogP contribution in [-0.2, 0) is 0 Å². The number of hydrogen-bond donors (Lipinski definition) is 4. The van der Waals surface area contributed by atoms with E-state index in [9.17, 15) is 0 Å². The van der Waals surface area contributed by atoms with E-state index >= 15 is 0 Å². The Morgan fingerprint density at radius 2 is 1.50 bits per heavy atom. The first-order valence-electron chi connectivity index (χ1n) is 4.14. The van der Waals surface area contributed by atoms with Gasteiger partial charge in [-0.15, -0.1) is 0 Å². The minimum Gasteiger partial charge on any atom is -0.368 e. The van der Waals surface area contributed by atoms with Crippen molar-refractivity contribution in [3.8, 4) is 0 Å². The van der Waals surface area contributed by atoms with E-state index in [-0.39, 0.29) is 0 Å². The fraction of sp³-hybridized carbons (Fsp3) is 1.00. The van der Waals surface area contributed by atoms with Crippen LogP contribution in [0.5, 0.6) is 0 Å². The molecule has 0 saturated heterocycles. The molecule has 0 rings (SSSR count). The van der Waals surface area contributed by atoms with E-state index in [1.165, 1.54) is 6.92 Å². The van der Waals surface area contributed by atoms with Crippen LogP contribution in [0, 0.1) is 0 Å². The molecule has 0 saturated carbocycles. The average molecular weight is 180 g/mol. The zero-order valence-corrected chi connectivity index (χ0v) is 7.99. The van der Waals surface area contributed by atoms with Gasteiger partial charge in [0.1, 0.15) is 0 Å². The Hall–Kier alpha value is -0.160. The van der Waals surface area contributed by atoms with Crippen molar-refractivity contribution in [2.75, 3.05) is 0 Å². The molecule has 0 radical (unpaired) electrons. The molecule has 0 aliphatic rings. The van der Waals surface area contributed by atoms with Crippen molar-refractivity contribution in [2.24, 2.45) is 0 Å². The maximum atomic E-state index is 8.38. The Labute approximate surface area is 73.5 Å². The van der Waals surface area contributed by atoms with Crippen LogP contribution in [0.15, 0.2) is 0 Å². The molecule has 4 N–H and O–H groups in total. The standard InChI is InChI=1S/2C4H10O2/c1-3-4(2,5)6;1-2-3-4(5)6/h5-6H,3H2,1-2H3;4-6H,2-3H2,1H3. The summed E-state index contributed by atoms with van der Waals surface area (Å²) in [6.45, 7) is 4.96. The zero-order chi connectivity index (χ0) is 10.2. The highest BCUT2D eigenvalue weighted by molar-refractivity contribution is 4.47. The molecule has 0 heterocycles. The van der Waals surface area contributed by atoms with Crippen LogP contribution in [-0.4, -0.2) is 32.5 Å². The molecule has 12 heavy (non-hydrogen) atoms. The van der Waals surface area contributed by atoms with Crippen molar-refractivity contribution >= 4 is 0 Å². The first-order valence-corrected chi connectivity index (χ1v) is 4.14. The Balaban J connectivity index is 0. The SMILES string of the molecule is CCC(C)(O)O.CCCC(O)O. The second-order valence-electron chi connectivity index (χ2n) is 2.84. The van der Waals surface area contributed by atoms with Gasteiger partial charge in [-0.25, -0.2) is 0 Å². The van der Waals surface area contributed by atoms with Gasteiger partial charge in [0.05, 0.1) is 0 Å². The first-order chi connectivity index (χ1) is 5.33. The molecular formula is C8H20O4. The predicted octanol–water partition coefficient (Wildman–Crippen LogP) is 0.194. The van der Waals surface area contributed by atoms with Gasteiger partial charge < -0.3 is 20.4 Å². The summed E-state index contributed by atoms with van der Waals surface area (Å²) in [7, 11) is 0. The predicted molar refractivity (Wildman–Crippen MR) is 46.3 cm³/mol. The summed E-state index contributed by atoms with van der Waals surface area (Å²) in [5, 5.41) is 33.0. The summed E-state index contributed by atoms with van der Waals surface area (Å²) in [6.07, 6.45) is 0.597. The van der Waals surface area contributed by atoms with Crippen molar-refractivity contribution in [3.05, 3.63) is 0 Å². The maximum absolute atomic E-state index is 8.38. The third kappa shape index (κ3) is 22.5. The van der Waals surface area contributed by atoms with Crippen molar-refractivity contribution in [3.63, 3.8) is 0 Å². The lowest BCUT2D eigenvalue weighted by Gasteiger charge is -2.10. The topological polar surface area (TPSA) is 80.9 Å². The molecule has 0 aromatic carbocycles. The first kappa shape index (κ1) is 14.4. The Kier molecular flexibility index (Phi) is 8.97. The lowest BCUT2D eigenvalue weighted by molar-refractivity contribution is -0.145. The molecule has 0 amide bonds. The smallest absolute Gasteiger partial charge is 0.159 e. The molecule has 0 aliphatic carbocycles. The number of aliphatic hydroxyl groups excluding tert-OH is 1. The molecule has 0 aliphatic heterocycles. The molecule has 0 aromatic heterocycles. The van der Waals surface area contributed by atoms with Crippen LogP contribution in [0.3, 0.4) is 0 Å². The molecule has 76 valence electrons. The number of aliphatic hydroxyl groups is 4. The summed E-state index contributed by atoms with van der Waals surface area (Å²) in [4.78, 5) is 0. The van der Waals surface area contributed by atoms with Crippen LogP contribution >= 0.6 is 0 Å². The molecule has 0 aromatic rings. The highest BCUT2D eigenvalue weighted by atomic mass is 16.5. The monoisotopic (exact) mass is 180 g/mol. The molecule has 0 bridgehead atoms. The zero-order valence-electron chi connectivity index (χ0n) is 7.99. The van der Waals surface area contributed by atoms with Gasteiger partial charge in [0, 0.05) is 0 Å². The second-order valence-corrected chi connectivity index (χ2v) is 2.84. The van der Waals surface area contributed by atoms with Crippen LogP contribution in [0.25, 0.3) is 0 Å². The van der Waals surface area contributed by atoms with E-state index in [1.54, 1.807) is 6.92 Å². The molecule has 4 nitrogen and oxygen atoms in total. The summed E-state index contributed by atoms with van der Waals surface area (Å²) in [6, 6.07) is 0. The van der Waals surface area contributed by atoms with E-state index in [4.69, 9.17) is 20.4 Å². The molecule has 0 fully saturated rings. The van der Waals surface area contributed by atoms with Crippen molar-refractivity contribution in [2.45, 2.75) is 52.1 Å². The van der Waals surface area contributed by atoms with E-state index in [1.807, 2.05) is 6.92 Å². The minimum atomic E-state index is -1.46. The van der Waals surface area contributed by atoms with E-state index in [0.717, 1.165) is 6.42 Å². The van der Waals surface area contributed by atoms with Crippen molar-refractivity contribution in [1.29, 1.82) is 0 Å². The largest absolute Gasteiger partial charge is 0.368 e. The summed E-state index contributed by atoms with van der Waals surface area (Å²) in [5.74, 6) is -1.46. The Bertz CT molecular complexity index is 85.5. The molecule has 0 unspecified atom stereocenters. The number of hydrogen-bond acceptors (Lipinski definition) is 4. The van der Waals surface area contributed by atoms with Gasteiger partial charge in [0.2, 0.25) is 0 Å². The van der Waals surface area contributed by atoms with Gasteiger partial charge >= 0.3 is 0 Å². The lowest BCUT2D eigenvalue weighted by Crippen LogP contribution is -2.20. The van der Waals surface area contributed by atoms with E-state index < -0.39 is 12.1 Å². The van der Waals surface area contributed by atoms with Crippen LogP contribution in [0.4, 0.5) is 0 Å². The van der Waals surface area contributed by atoms with Crippen LogP contribution in [0.1, 0.15) is 40.0 Å². The lowest BCUT2D eigenvalue weighted by atomic mass is 10.3. The van der Waals surface area contributed by atoms with Gasteiger partial charge in [-0.2, -0.15) is 0 Å². The second kappa shape index (κ2) is 7.49. The van der Waals surface area contributed by atoms with Crippen LogP contribution in [0.2, 0.25) is 0 Å². The summed E-state index contributed by atoms with van der Waals surface area (Å²) in [5.41, 5.74) is 0. The molecular weight excluding hydrogens is 160 g/mol. The highest BCUT2D eigenvalue weighted by Gasteiger charge is 2.08. The van der Waals surface area contributed by atoms with E-state index in [0.29, 0.717) is 12.8 Å². The minimum absolute atomic E-state index is 0.382. The van der Waals surface area contributed by atoms with Gasteiger partial charge in [-0.05, 0) is 19.8 Å². The molecule has 0 spiro atoms. The normalized spacial score (nSPS) is 11.0. The fourth-order valence-electron chi connectivity index (χ4n) is 0.258. The molecule has 0 atom stereocenters. The van der Waals surface area contributed by atoms with Crippen molar-refractivity contribution in [1.82, 2.24) is 0 Å². The number of rotatable bonds is 3. The fourth-order valence-corrected chi connectivity index (χ4v) is 0.258. The van der Waals surface area contributed by atoms with Gasteiger partial charge in [-0.3, -0.25) is 0 Å². The maximum Gasteiger partial charge on any atom is 0.159 e. The van der Waals surface area contributed by atoms with Crippen molar-refractivity contribution < 1.29 is 20.4 Å².